The van der Waals surface area contributed by atoms with Crippen LogP contribution in [-0.2, 0) is 16.6 Å². The van der Waals surface area contributed by atoms with E-state index in [1.54, 1.807) is 0 Å². The summed E-state index contributed by atoms with van der Waals surface area (Å²) in [5, 5.41) is 0. The topological polar surface area (TPSA) is 58.8 Å². The Morgan fingerprint density at radius 1 is 0.971 bits per heavy atom. The Kier molecular flexibility index (Phi) is 8.21. The van der Waals surface area contributed by atoms with Gasteiger partial charge in [0, 0.05) is 19.6 Å². The molecule has 35 heavy (non-hydrogen) atoms. The molecule has 1 aliphatic heterocycles. The normalized spacial score (nSPS) is 16.5. The van der Waals surface area contributed by atoms with Crippen LogP contribution in [0.4, 0.5) is 0 Å². The van der Waals surface area contributed by atoms with E-state index in [9.17, 15) is 4.79 Å². The van der Waals surface area contributed by atoms with Gasteiger partial charge in [-0.3, -0.25) is 4.79 Å². The molecular formula is C30H37N3O2. The van der Waals surface area contributed by atoms with Crippen molar-refractivity contribution in [2.24, 2.45) is 11.7 Å². The maximum atomic E-state index is 13.2. The van der Waals surface area contributed by atoms with E-state index in [-0.39, 0.29) is 11.8 Å². The number of benzene rings is 3. The van der Waals surface area contributed by atoms with Crippen molar-refractivity contribution in [2.45, 2.75) is 18.3 Å². The highest BCUT2D eigenvalue weighted by atomic mass is 16.5. The molecule has 184 valence electrons. The number of nitrogens with zero attached hydrogens (tertiary/aromatic N) is 2. The molecule has 2 N–H and O–H groups in total. The predicted octanol–water partition coefficient (Wildman–Crippen LogP) is 3.96. The molecule has 5 heteroatoms. The molecule has 0 spiro atoms. The quantitative estimate of drug-likeness (QED) is 0.460. The minimum atomic E-state index is -0.831. The maximum absolute atomic E-state index is 13.2. The molecule has 1 unspecified atom stereocenters. The van der Waals surface area contributed by atoms with Crippen molar-refractivity contribution in [1.29, 1.82) is 0 Å². The van der Waals surface area contributed by atoms with Gasteiger partial charge in [-0.2, -0.15) is 0 Å². The zero-order valence-electron chi connectivity index (χ0n) is 20.9. The SMILES string of the molecule is CN(C)CCOc1ccc(CCN2CCC(C(C(N)=O)(c3ccccc3)c3ccccc3)C2)cc1. The van der Waals surface area contributed by atoms with Gasteiger partial charge in [0.2, 0.25) is 5.91 Å². The van der Waals surface area contributed by atoms with Crippen molar-refractivity contribution in [2.75, 3.05) is 46.9 Å². The zero-order chi connectivity index (χ0) is 24.7. The van der Waals surface area contributed by atoms with E-state index in [4.69, 9.17) is 10.5 Å². The third-order valence-corrected chi connectivity index (χ3v) is 7.18. The first-order valence-corrected chi connectivity index (χ1v) is 12.5. The Balaban J connectivity index is 1.44. The van der Waals surface area contributed by atoms with Crippen LogP contribution in [0.5, 0.6) is 5.75 Å². The Labute approximate surface area is 209 Å². The van der Waals surface area contributed by atoms with Crippen molar-refractivity contribution in [1.82, 2.24) is 9.80 Å². The molecule has 4 rings (SSSR count). The van der Waals surface area contributed by atoms with E-state index < -0.39 is 5.41 Å². The number of carbonyl (C=O) groups is 1. The standard InChI is InChI=1S/C30H37N3O2/c1-32(2)21-22-35-28-15-13-24(14-16-28)17-19-33-20-18-27(23-33)30(29(31)34,25-9-5-3-6-10-25)26-11-7-4-8-12-26/h3-16,27H,17-23H2,1-2H3,(H2,31,34). The van der Waals surface area contributed by atoms with E-state index in [0.717, 1.165) is 55.9 Å². The van der Waals surface area contributed by atoms with Crippen LogP contribution in [0.3, 0.4) is 0 Å². The summed E-state index contributed by atoms with van der Waals surface area (Å²) in [6.45, 7) is 4.35. The van der Waals surface area contributed by atoms with Crippen LogP contribution in [-0.4, -0.2) is 62.6 Å². The van der Waals surface area contributed by atoms with Gasteiger partial charge >= 0.3 is 0 Å². The third-order valence-electron chi connectivity index (χ3n) is 7.18. The highest BCUT2D eigenvalue weighted by molar-refractivity contribution is 5.91. The Bertz CT molecular complexity index is 1030. The summed E-state index contributed by atoms with van der Waals surface area (Å²) < 4.78 is 5.81. The molecule has 1 amide bonds. The number of nitrogens with two attached hydrogens (primary N) is 1. The van der Waals surface area contributed by atoms with Crippen LogP contribution in [0, 0.1) is 5.92 Å². The molecule has 0 radical (unpaired) electrons. The lowest BCUT2D eigenvalue weighted by Crippen LogP contribution is -2.49. The summed E-state index contributed by atoms with van der Waals surface area (Å²) in [7, 11) is 4.09. The number of amides is 1. The molecule has 1 aliphatic rings. The molecule has 0 aromatic heterocycles. The van der Waals surface area contributed by atoms with Crippen molar-refractivity contribution in [3.05, 3.63) is 102 Å². The number of rotatable bonds is 11. The number of primary amides is 1. The highest BCUT2D eigenvalue weighted by Gasteiger charge is 2.49. The average molecular weight is 472 g/mol. The first-order valence-electron chi connectivity index (χ1n) is 12.5. The molecule has 1 fully saturated rings. The molecule has 1 saturated heterocycles. The van der Waals surface area contributed by atoms with E-state index in [0.29, 0.717) is 6.61 Å². The van der Waals surface area contributed by atoms with Gasteiger partial charge in [-0.25, -0.2) is 0 Å². The van der Waals surface area contributed by atoms with Crippen LogP contribution < -0.4 is 10.5 Å². The van der Waals surface area contributed by atoms with Crippen LogP contribution in [0.15, 0.2) is 84.9 Å². The minimum Gasteiger partial charge on any atom is -0.492 e. The fourth-order valence-corrected chi connectivity index (χ4v) is 5.30. The smallest absolute Gasteiger partial charge is 0.232 e. The monoisotopic (exact) mass is 471 g/mol. The maximum Gasteiger partial charge on any atom is 0.232 e. The van der Waals surface area contributed by atoms with Crippen molar-refractivity contribution < 1.29 is 9.53 Å². The molecule has 0 bridgehead atoms. The van der Waals surface area contributed by atoms with Crippen molar-refractivity contribution >= 4 is 5.91 Å². The van der Waals surface area contributed by atoms with E-state index in [1.807, 2.05) is 74.8 Å². The summed E-state index contributed by atoms with van der Waals surface area (Å²) >= 11 is 0. The number of likely N-dealkylation sites (N-methyl/N-ethyl adjacent to an activating group) is 1. The summed E-state index contributed by atoms with van der Waals surface area (Å²) in [5.41, 5.74) is 8.64. The van der Waals surface area contributed by atoms with E-state index in [1.165, 1.54) is 5.56 Å². The molecule has 0 aliphatic carbocycles. The second kappa shape index (κ2) is 11.5. The lowest BCUT2D eigenvalue weighted by Gasteiger charge is -2.37. The number of hydrogen-bond acceptors (Lipinski definition) is 4. The molecule has 0 saturated carbocycles. The number of ether oxygens (including phenoxy) is 1. The average Bonchev–Trinajstić information content (AvgIpc) is 3.34. The summed E-state index contributed by atoms with van der Waals surface area (Å²) in [4.78, 5) is 17.8. The second-order valence-corrected chi connectivity index (χ2v) is 9.74. The van der Waals surface area contributed by atoms with Crippen LogP contribution in [0.25, 0.3) is 0 Å². The molecular weight excluding hydrogens is 434 g/mol. The Morgan fingerprint density at radius 3 is 2.11 bits per heavy atom. The van der Waals surface area contributed by atoms with Gasteiger partial charge in [0.25, 0.3) is 0 Å². The fraction of sp³-hybridized carbons (Fsp3) is 0.367. The van der Waals surface area contributed by atoms with Crippen molar-refractivity contribution in [3.8, 4) is 5.75 Å². The van der Waals surface area contributed by atoms with Gasteiger partial charge in [0.1, 0.15) is 17.8 Å². The lowest BCUT2D eigenvalue weighted by molar-refractivity contribution is -0.123. The first-order chi connectivity index (χ1) is 17.0. The molecule has 1 heterocycles. The summed E-state index contributed by atoms with van der Waals surface area (Å²) in [6.07, 6.45) is 1.90. The largest absolute Gasteiger partial charge is 0.492 e. The van der Waals surface area contributed by atoms with Crippen LogP contribution >= 0.6 is 0 Å². The first kappa shape index (κ1) is 25.0. The van der Waals surface area contributed by atoms with E-state index >= 15 is 0 Å². The van der Waals surface area contributed by atoms with Gasteiger partial charge < -0.3 is 20.3 Å². The Hall–Kier alpha value is -3.15. The minimum absolute atomic E-state index is 0.122. The van der Waals surface area contributed by atoms with E-state index in [2.05, 4.69) is 34.1 Å². The predicted molar refractivity (Wildman–Crippen MR) is 142 cm³/mol. The summed E-state index contributed by atoms with van der Waals surface area (Å²) in [6, 6.07) is 28.6. The number of hydrogen-bond donors (Lipinski definition) is 1. The summed E-state index contributed by atoms with van der Waals surface area (Å²) in [5.74, 6) is 0.762. The Morgan fingerprint density at radius 2 is 1.57 bits per heavy atom. The molecule has 5 nitrogen and oxygen atoms in total. The highest BCUT2D eigenvalue weighted by Crippen LogP contribution is 2.43. The number of likely N-dealkylation sites (tertiary alicyclic amines) is 1. The molecule has 3 aromatic rings. The molecule has 3 aromatic carbocycles. The fourth-order valence-electron chi connectivity index (χ4n) is 5.30. The van der Waals surface area contributed by atoms with Gasteiger partial charge in [-0.05, 0) is 68.2 Å². The van der Waals surface area contributed by atoms with Gasteiger partial charge in [0.05, 0.1) is 0 Å². The molecule has 1 atom stereocenters. The van der Waals surface area contributed by atoms with Crippen molar-refractivity contribution in [3.63, 3.8) is 0 Å². The third kappa shape index (κ3) is 5.75. The van der Waals surface area contributed by atoms with Gasteiger partial charge in [-0.15, -0.1) is 0 Å². The van der Waals surface area contributed by atoms with Gasteiger partial charge in [0.15, 0.2) is 0 Å². The zero-order valence-corrected chi connectivity index (χ0v) is 20.9. The van der Waals surface area contributed by atoms with Gasteiger partial charge in [-0.1, -0.05) is 72.8 Å². The van der Waals surface area contributed by atoms with Crippen LogP contribution in [0.2, 0.25) is 0 Å². The van der Waals surface area contributed by atoms with Crippen LogP contribution in [0.1, 0.15) is 23.1 Å². The number of carbonyl (C=O) groups excluding carboxylic acids is 1. The lowest BCUT2D eigenvalue weighted by atomic mass is 9.64. The second-order valence-electron chi connectivity index (χ2n) is 9.74.